The maximum atomic E-state index is 13.8. The van der Waals surface area contributed by atoms with Gasteiger partial charge in [-0.05, 0) is 80.2 Å². The van der Waals surface area contributed by atoms with Gasteiger partial charge in [-0.1, -0.05) is 12.1 Å². The number of nitrogens with zero attached hydrogens (tertiary/aromatic N) is 3. The third-order valence-corrected chi connectivity index (χ3v) is 7.07. The molecule has 0 aliphatic carbocycles. The number of hydrogen-bond donors (Lipinski definition) is 1. The monoisotopic (exact) mass is 444 g/mol. The van der Waals surface area contributed by atoms with Crippen LogP contribution in [0.15, 0.2) is 42.5 Å². The zero-order valence-corrected chi connectivity index (χ0v) is 18.6. The van der Waals surface area contributed by atoms with E-state index in [4.69, 9.17) is 15.2 Å². The average Bonchev–Trinajstić information content (AvgIpc) is 3.59. The van der Waals surface area contributed by atoms with E-state index in [0.29, 0.717) is 11.4 Å². The predicted molar refractivity (Wildman–Crippen MR) is 127 cm³/mol. The zero-order chi connectivity index (χ0) is 22.4. The van der Waals surface area contributed by atoms with Crippen molar-refractivity contribution in [2.75, 3.05) is 38.7 Å². The fraction of sp³-hybridized carbons (Fsp3) is 0.385. The van der Waals surface area contributed by atoms with Crippen LogP contribution >= 0.6 is 0 Å². The number of carbonyl (C=O) groups is 1. The molecule has 3 aliphatic rings. The molecule has 7 nitrogen and oxygen atoms in total. The molecule has 3 aromatic rings. The minimum Gasteiger partial charge on any atom is -0.454 e. The van der Waals surface area contributed by atoms with Gasteiger partial charge in [0.05, 0.1) is 11.1 Å². The van der Waals surface area contributed by atoms with Crippen LogP contribution in [0.25, 0.3) is 22.0 Å². The van der Waals surface area contributed by atoms with Crippen molar-refractivity contribution < 1.29 is 14.3 Å². The quantitative estimate of drug-likeness (QED) is 0.657. The van der Waals surface area contributed by atoms with Crippen LogP contribution in [0.3, 0.4) is 0 Å². The fourth-order valence-corrected chi connectivity index (χ4v) is 5.39. The summed E-state index contributed by atoms with van der Waals surface area (Å²) < 4.78 is 11.0. The summed E-state index contributed by atoms with van der Waals surface area (Å²) in [4.78, 5) is 22.8. The molecule has 0 radical (unpaired) electrons. The second-order valence-corrected chi connectivity index (χ2v) is 9.20. The molecule has 6 rings (SSSR count). The molecule has 0 unspecified atom stereocenters. The SMILES string of the molecule is Nc1cc(C(=O)N2CCC[C@H]2CN2CCCC2)c2cc(-c3ccc4c(c3)OCO4)ccc2n1. The Morgan fingerprint density at radius 2 is 1.76 bits per heavy atom. The number of fused-ring (bicyclic) bond motifs is 2. The fourth-order valence-electron chi connectivity index (χ4n) is 5.39. The maximum Gasteiger partial charge on any atom is 0.254 e. The van der Waals surface area contributed by atoms with Gasteiger partial charge in [-0.15, -0.1) is 0 Å². The average molecular weight is 445 g/mol. The lowest BCUT2D eigenvalue weighted by molar-refractivity contribution is 0.0710. The molecule has 7 heteroatoms. The van der Waals surface area contributed by atoms with Crippen LogP contribution in [0.2, 0.25) is 0 Å². The molecule has 2 fully saturated rings. The predicted octanol–water partition coefficient (Wildman–Crippen LogP) is 3.91. The van der Waals surface area contributed by atoms with Crippen molar-refractivity contribution in [2.45, 2.75) is 31.7 Å². The Balaban J connectivity index is 1.36. The molecule has 0 bridgehead atoms. The number of hydrogen-bond acceptors (Lipinski definition) is 6. The van der Waals surface area contributed by atoms with Crippen molar-refractivity contribution in [2.24, 2.45) is 0 Å². The zero-order valence-electron chi connectivity index (χ0n) is 18.6. The number of pyridine rings is 1. The molecule has 0 spiro atoms. The van der Waals surface area contributed by atoms with Crippen molar-refractivity contribution in [3.63, 3.8) is 0 Å². The number of nitrogens with two attached hydrogens (primary N) is 1. The van der Waals surface area contributed by atoms with E-state index in [2.05, 4.69) is 14.8 Å². The molecule has 4 heterocycles. The number of likely N-dealkylation sites (tertiary alicyclic amines) is 2. The number of anilines is 1. The first-order chi connectivity index (χ1) is 16.2. The Labute approximate surface area is 193 Å². The lowest BCUT2D eigenvalue weighted by Crippen LogP contribution is -2.42. The van der Waals surface area contributed by atoms with Gasteiger partial charge in [-0.25, -0.2) is 4.98 Å². The lowest BCUT2D eigenvalue weighted by atomic mass is 9.99. The van der Waals surface area contributed by atoms with Crippen LogP contribution in [-0.4, -0.2) is 59.7 Å². The summed E-state index contributed by atoms with van der Waals surface area (Å²) in [6.45, 7) is 4.29. The van der Waals surface area contributed by atoms with Crippen LogP contribution in [0.5, 0.6) is 11.5 Å². The summed E-state index contributed by atoms with van der Waals surface area (Å²) in [6, 6.07) is 13.9. The standard InChI is InChI=1S/C26H28N4O3/c27-25-14-21(26(31)30-11-3-4-19(30)15-29-9-1-2-10-29)20-12-17(5-7-22(20)28-25)18-6-8-23-24(13-18)33-16-32-23/h5-8,12-14,19H,1-4,9-11,15-16H2,(H2,27,28)/t19-/m0/s1. The van der Waals surface area contributed by atoms with Gasteiger partial charge in [0.15, 0.2) is 11.5 Å². The summed E-state index contributed by atoms with van der Waals surface area (Å²) >= 11 is 0. The molecule has 170 valence electrons. The number of ether oxygens (including phenoxy) is 2. The Morgan fingerprint density at radius 1 is 0.970 bits per heavy atom. The summed E-state index contributed by atoms with van der Waals surface area (Å²) in [7, 11) is 0. The summed E-state index contributed by atoms with van der Waals surface area (Å²) in [5, 5.41) is 0.830. The molecule has 1 atom stereocenters. The number of aromatic nitrogens is 1. The number of benzene rings is 2. The van der Waals surface area contributed by atoms with Gasteiger partial charge in [-0.2, -0.15) is 0 Å². The maximum absolute atomic E-state index is 13.8. The molecule has 3 aliphatic heterocycles. The van der Waals surface area contributed by atoms with E-state index in [9.17, 15) is 4.79 Å². The van der Waals surface area contributed by atoms with Crippen LogP contribution in [0.4, 0.5) is 5.82 Å². The molecular weight excluding hydrogens is 416 g/mol. The van der Waals surface area contributed by atoms with Crippen LogP contribution < -0.4 is 15.2 Å². The second-order valence-electron chi connectivity index (χ2n) is 9.20. The highest BCUT2D eigenvalue weighted by Crippen LogP contribution is 2.37. The first-order valence-corrected chi connectivity index (χ1v) is 11.8. The summed E-state index contributed by atoms with van der Waals surface area (Å²) in [5.41, 5.74) is 9.49. The Morgan fingerprint density at radius 3 is 2.64 bits per heavy atom. The number of nitrogen functional groups attached to an aromatic ring is 1. The van der Waals surface area contributed by atoms with E-state index in [1.165, 1.54) is 12.8 Å². The van der Waals surface area contributed by atoms with Gasteiger partial charge < -0.3 is 25.0 Å². The normalized spacial score (nSPS) is 20.1. The second kappa shape index (κ2) is 8.23. The van der Waals surface area contributed by atoms with Crippen molar-refractivity contribution in [1.29, 1.82) is 0 Å². The largest absolute Gasteiger partial charge is 0.454 e. The van der Waals surface area contributed by atoms with Gasteiger partial charge in [0.25, 0.3) is 5.91 Å². The van der Waals surface area contributed by atoms with Crippen molar-refractivity contribution in [3.8, 4) is 22.6 Å². The van der Waals surface area contributed by atoms with E-state index in [-0.39, 0.29) is 18.7 Å². The lowest BCUT2D eigenvalue weighted by Gasteiger charge is -2.29. The Hall–Kier alpha value is -3.32. The minimum atomic E-state index is 0.0543. The molecule has 2 aromatic carbocycles. The molecule has 1 amide bonds. The molecule has 1 aromatic heterocycles. The summed E-state index contributed by atoms with van der Waals surface area (Å²) in [5.74, 6) is 1.92. The Kier molecular flexibility index (Phi) is 5.06. The van der Waals surface area contributed by atoms with Crippen molar-refractivity contribution in [1.82, 2.24) is 14.8 Å². The number of amides is 1. The third kappa shape index (κ3) is 3.76. The number of rotatable bonds is 4. The molecule has 33 heavy (non-hydrogen) atoms. The highest BCUT2D eigenvalue weighted by Gasteiger charge is 2.32. The van der Waals surface area contributed by atoms with E-state index in [0.717, 1.165) is 72.5 Å². The van der Waals surface area contributed by atoms with Crippen LogP contribution in [0.1, 0.15) is 36.0 Å². The van der Waals surface area contributed by atoms with Crippen LogP contribution in [-0.2, 0) is 0 Å². The van der Waals surface area contributed by atoms with E-state index < -0.39 is 0 Å². The summed E-state index contributed by atoms with van der Waals surface area (Å²) in [6.07, 6.45) is 4.62. The van der Waals surface area contributed by atoms with Gasteiger partial charge >= 0.3 is 0 Å². The number of carbonyl (C=O) groups excluding carboxylic acids is 1. The molecule has 2 saturated heterocycles. The highest BCUT2D eigenvalue weighted by molar-refractivity contribution is 6.08. The molecule has 0 saturated carbocycles. The highest BCUT2D eigenvalue weighted by atomic mass is 16.7. The third-order valence-electron chi connectivity index (χ3n) is 7.07. The van der Waals surface area contributed by atoms with Crippen LogP contribution in [0, 0.1) is 0 Å². The van der Waals surface area contributed by atoms with Crippen molar-refractivity contribution in [3.05, 3.63) is 48.0 Å². The van der Waals surface area contributed by atoms with Gasteiger partial charge in [0, 0.05) is 24.5 Å². The topological polar surface area (TPSA) is 80.9 Å². The van der Waals surface area contributed by atoms with E-state index in [1.54, 1.807) is 6.07 Å². The smallest absolute Gasteiger partial charge is 0.254 e. The van der Waals surface area contributed by atoms with E-state index in [1.807, 2.05) is 36.4 Å². The first-order valence-electron chi connectivity index (χ1n) is 11.8. The van der Waals surface area contributed by atoms with Gasteiger partial charge in [-0.3, -0.25) is 4.79 Å². The van der Waals surface area contributed by atoms with Crippen molar-refractivity contribution >= 4 is 22.6 Å². The molecular formula is C26H28N4O3. The van der Waals surface area contributed by atoms with E-state index >= 15 is 0 Å². The van der Waals surface area contributed by atoms with Gasteiger partial charge in [0.2, 0.25) is 6.79 Å². The Bertz CT molecular complexity index is 1220. The van der Waals surface area contributed by atoms with Gasteiger partial charge in [0.1, 0.15) is 5.82 Å². The molecule has 2 N–H and O–H groups in total. The minimum absolute atomic E-state index is 0.0543. The first kappa shape index (κ1) is 20.3.